The lowest BCUT2D eigenvalue weighted by Crippen LogP contribution is -2.49. The lowest BCUT2D eigenvalue weighted by Gasteiger charge is -2.39. The highest BCUT2D eigenvalue weighted by Gasteiger charge is 2.45. The zero-order chi connectivity index (χ0) is 25.1. The van der Waals surface area contributed by atoms with E-state index in [1.54, 1.807) is 7.05 Å². The number of anilines is 1. The molecule has 4 aromatic rings. The van der Waals surface area contributed by atoms with E-state index in [0.29, 0.717) is 17.7 Å². The molecule has 0 spiro atoms. The van der Waals surface area contributed by atoms with E-state index in [-0.39, 0.29) is 18.1 Å². The van der Waals surface area contributed by atoms with E-state index < -0.39 is 0 Å². The van der Waals surface area contributed by atoms with Crippen LogP contribution in [0.25, 0.3) is 28.0 Å². The number of rotatable bonds is 4. The van der Waals surface area contributed by atoms with Crippen molar-refractivity contribution in [1.82, 2.24) is 29.8 Å². The smallest absolute Gasteiger partial charge is 0.317 e. The third-order valence-electron chi connectivity index (χ3n) is 8.45. The maximum atomic E-state index is 12.5. The Kier molecular flexibility index (Phi) is 5.16. The number of fused-ring (bicyclic) bond motifs is 3. The van der Waals surface area contributed by atoms with Gasteiger partial charge in [0.25, 0.3) is 0 Å². The first-order valence-electron chi connectivity index (χ1n) is 13.3. The average Bonchev–Trinajstić information content (AvgIpc) is 3.62. The summed E-state index contributed by atoms with van der Waals surface area (Å²) in [5.41, 5.74) is 13.8. The lowest BCUT2D eigenvalue weighted by atomic mass is 9.85. The van der Waals surface area contributed by atoms with Gasteiger partial charge in [-0.1, -0.05) is 36.4 Å². The minimum absolute atomic E-state index is 0.0424. The molecule has 0 radical (unpaired) electrons. The molecule has 1 unspecified atom stereocenters. The van der Waals surface area contributed by atoms with Crippen molar-refractivity contribution in [2.24, 2.45) is 0 Å². The number of carbonyl (C=O) groups excluding carboxylic acids is 1. The van der Waals surface area contributed by atoms with E-state index in [2.05, 4.69) is 33.5 Å². The first-order chi connectivity index (χ1) is 18.1. The number of nitrogen functional groups attached to an aromatic ring is 1. The molecule has 1 aliphatic carbocycles. The predicted octanol–water partition coefficient (Wildman–Crippen LogP) is 4.97. The second-order valence-corrected chi connectivity index (χ2v) is 10.7. The number of urea groups is 1. The van der Waals surface area contributed by atoms with Crippen molar-refractivity contribution in [3.05, 3.63) is 66.1 Å². The summed E-state index contributed by atoms with van der Waals surface area (Å²) < 4.78 is 1.81. The van der Waals surface area contributed by atoms with Gasteiger partial charge < -0.3 is 16.0 Å². The fourth-order valence-electron chi connectivity index (χ4n) is 6.54. The molecule has 3 fully saturated rings. The van der Waals surface area contributed by atoms with Gasteiger partial charge in [0.15, 0.2) is 5.65 Å². The quantitative estimate of drug-likeness (QED) is 0.418. The molecule has 7 rings (SSSR count). The number of hydrogen-bond donors (Lipinski definition) is 2. The number of piperidine rings is 1. The van der Waals surface area contributed by atoms with Crippen molar-refractivity contribution in [1.29, 1.82) is 0 Å². The van der Waals surface area contributed by atoms with Crippen LogP contribution in [0.5, 0.6) is 0 Å². The minimum atomic E-state index is 0.0424. The molecule has 37 heavy (non-hydrogen) atoms. The average molecular weight is 494 g/mol. The molecule has 5 heterocycles. The number of aromatic nitrogens is 4. The minimum Gasteiger partial charge on any atom is -0.383 e. The Bertz CT molecular complexity index is 1460. The zero-order valence-corrected chi connectivity index (χ0v) is 21.0. The SMILES string of the molecule is CNC(=O)N1[C@@H]2CC[C@H]1CC(c1nc3c(-c4ccc(-c5ccccc5)nc4)cnn3c(N)c1C1CC1)C2. The van der Waals surface area contributed by atoms with Crippen LogP contribution in [-0.2, 0) is 0 Å². The second kappa shape index (κ2) is 8.57. The predicted molar refractivity (Wildman–Crippen MR) is 143 cm³/mol. The molecule has 3 atom stereocenters. The summed E-state index contributed by atoms with van der Waals surface area (Å²) in [4.78, 5) is 24.6. The highest BCUT2D eigenvalue weighted by Crippen LogP contribution is 2.50. The molecule has 1 aromatic carbocycles. The van der Waals surface area contributed by atoms with E-state index in [1.165, 1.54) is 5.56 Å². The molecule has 3 aliphatic rings. The van der Waals surface area contributed by atoms with Crippen molar-refractivity contribution >= 4 is 17.5 Å². The number of nitrogens with one attached hydrogen (secondary N) is 1. The van der Waals surface area contributed by atoms with Gasteiger partial charge in [0, 0.05) is 53.5 Å². The normalized spacial score (nSPS) is 22.9. The maximum absolute atomic E-state index is 12.5. The van der Waals surface area contributed by atoms with Gasteiger partial charge in [-0.3, -0.25) is 4.98 Å². The van der Waals surface area contributed by atoms with E-state index in [4.69, 9.17) is 15.7 Å². The Labute approximate surface area is 215 Å². The van der Waals surface area contributed by atoms with Gasteiger partial charge in [-0.05, 0) is 50.5 Å². The van der Waals surface area contributed by atoms with Gasteiger partial charge in [-0.15, -0.1) is 0 Å². The maximum Gasteiger partial charge on any atom is 0.317 e. The van der Waals surface area contributed by atoms with Crippen molar-refractivity contribution in [2.75, 3.05) is 12.8 Å². The van der Waals surface area contributed by atoms with E-state index in [9.17, 15) is 4.79 Å². The Morgan fingerprint density at radius 1 is 0.946 bits per heavy atom. The Morgan fingerprint density at radius 2 is 1.70 bits per heavy atom. The van der Waals surface area contributed by atoms with Crippen molar-refractivity contribution in [3.8, 4) is 22.4 Å². The van der Waals surface area contributed by atoms with Crippen LogP contribution in [0, 0.1) is 0 Å². The number of pyridine rings is 1. The van der Waals surface area contributed by atoms with E-state index >= 15 is 0 Å². The third kappa shape index (κ3) is 3.65. The monoisotopic (exact) mass is 493 g/mol. The first-order valence-corrected chi connectivity index (χ1v) is 13.3. The summed E-state index contributed by atoms with van der Waals surface area (Å²) >= 11 is 0. The number of carbonyl (C=O) groups is 1. The molecule has 2 aliphatic heterocycles. The third-order valence-corrected chi connectivity index (χ3v) is 8.45. The molecule has 2 amide bonds. The van der Waals surface area contributed by atoms with Gasteiger partial charge in [-0.2, -0.15) is 9.61 Å². The fourth-order valence-corrected chi connectivity index (χ4v) is 6.54. The molecule has 3 N–H and O–H groups in total. The second-order valence-electron chi connectivity index (χ2n) is 10.7. The van der Waals surface area contributed by atoms with E-state index in [1.807, 2.05) is 41.2 Å². The van der Waals surface area contributed by atoms with Crippen molar-refractivity contribution in [3.63, 3.8) is 0 Å². The molecular formula is C29H31N7O. The molecule has 8 nitrogen and oxygen atoms in total. The topological polar surface area (TPSA) is 101 Å². The Hall–Kier alpha value is -3.94. The summed E-state index contributed by atoms with van der Waals surface area (Å²) in [7, 11) is 1.72. The number of benzene rings is 1. The molecule has 2 bridgehead atoms. The van der Waals surface area contributed by atoms with Gasteiger partial charge in [0.05, 0.1) is 17.6 Å². The molecule has 2 saturated heterocycles. The Balaban J connectivity index is 1.28. The van der Waals surface area contributed by atoms with Crippen LogP contribution >= 0.6 is 0 Å². The summed E-state index contributed by atoms with van der Waals surface area (Å²) in [6.07, 6.45) is 10.0. The number of nitrogens with zero attached hydrogens (tertiary/aromatic N) is 5. The van der Waals surface area contributed by atoms with Gasteiger partial charge >= 0.3 is 6.03 Å². The van der Waals surface area contributed by atoms with Crippen LogP contribution in [0.15, 0.2) is 54.9 Å². The number of amides is 2. The first kappa shape index (κ1) is 22.3. The number of nitrogens with two attached hydrogens (primary N) is 1. The van der Waals surface area contributed by atoms with Crippen LogP contribution in [0.4, 0.5) is 10.6 Å². The molecule has 8 heteroatoms. The molecule has 1 saturated carbocycles. The van der Waals surface area contributed by atoms with Crippen LogP contribution < -0.4 is 11.1 Å². The standard InChI is InChI=1S/C29H31N7O/c1-31-29(37)35-21-10-11-22(35)14-20(13-21)26-25(18-7-8-18)27(30)36-28(34-26)23(16-33-36)19-9-12-24(32-15-19)17-5-3-2-4-6-17/h2-6,9,12,15-16,18,20-22H,7-8,10-11,13-14,30H2,1H3,(H,31,37)/t20?,21-,22+. The summed E-state index contributed by atoms with van der Waals surface area (Å²) in [5, 5.41) is 7.49. The fraction of sp³-hybridized carbons (Fsp3) is 0.379. The summed E-state index contributed by atoms with van der Waals surface area (Å²) in [6, 6.07) is 14.9. The zero-order valence-electron chi connectivity index (χ0n) is 21.0. The van der Waals surface area contributed by atoms with Crippen LogP contribution in [0.2, 0.25) is 0 Å². The van der Waals surface area contributed by atoms with Crippen LogP contribution in [0.1, 0.15) is 61.6 Å². The van der Waals surface area contributed by atoms with Crippen molar-refractivity contribution < 1.29 is 4.79 Å². The number of hydrogen-bond acceptors (Lipinski definition) is 5. The highest BCUT2D eigenvalue weighted by atomic mass is 16.2. The molecule has 3 aromatic heterocycles. The van der Waals surface area contributed by atoms with Crippen molar-refractivity contribution in [2.45, 2.75) is 62.4 Å². The van der Waals surface area contributed by atoms with Crippen LogP contribution in [0.3, 0.4) is 0 Å². The van der Waals surface area contributed by atoms with Gasteiger partial charge in [-0.25, -0.2) is 9.78 Å². The largest absolute Gasteiger partial charge is 0.383 e. The molecule has 188 valence electrons. The van der Waals surface area contributed by atoms with Gasteiger partial charge in [0.1, 0.15) is 5.82 Å². The van der Waals surface area contributed by atoms with Crippen LogP contribution in [-0.4, -0.2) is 49.6 Å². The van der Waals surface area contributed by atoms with E-state index in [0.717, 1.165) is 72.3 Å². The lowest BCUT2D eigenvalue weighted by molar-refractivity contribution is 0.139. The summed E-state index contributed by atoms with van der Waals surface area (Å²) in [6.45, 7) is 0. The van der Waals surface area contributed by atoms with Gasteiger partial charge in [0.2, 0.25) is 0 Å². The summed E-state index contributed by atoms with van der Waals surface area (Å²) in [5.74, 6) is 1.47. The Morgan fingerprint density at radius 3 is 2.35 bits per heavy atom. The highest BCUT2D eigenvalue weighted by molar-refractivity contribution is 5.79. The molecular weight excluding hydrogens is 462 g/mol.